The van der Waals surface area contributed by atoms with E-state index in [1.807, 2.05) is 0 Å². The lowest BCUT2D eigenvalue weighted by Crippen LogP contribution is -2.58. The zero-order chi connectivity index (χ0) is 15.6. The molecular formula is C18H27BrClN3O. The highest BCUT2D eigenvalue weighted by Gasteiger charge is 2.30. The second-order valence-corrected chi connectivity index (χ2v) is 7.97. The highest BCUT2D eigenvalue weighted by atomic mass is 79.9. The molecule has 4 rings (SSSR count). The number of hydrogen-bond donors (Lipinski definition) is 1. The van der Waals surface area contributed by atoms with Gasteiger partial charge in [0.05, 0.1) is 13.2 Å². The maximum atomic E-state index is 5.52. The number of benzene rings is 1. The van der Waals surface area contributed by atoms with E-state index in [1.54, 1.807) is 0 Å². The number of hydrogen-bond acceptors (Lipinski definition) is 4. The van der Waals surface area contributed by atoms with Crippen molar-refractivity contribution >= 4 is 34.0 Å². The number of piperidine rings is 1. The Morgan fingerprint density at radius 1 is 1.12 bits per heavy atom. The molecule has 3 aliphatic heterocycles. The first kappa shape index (κ1) is 18.5. The Bertz CT molecular complexity index is 541. The van der Waals surface area contributed by atoms with E-state index in [1.165, 1.54) is 48.1 Å². The fourth-order valence-corrected chi connectivity index (χ4v) is 4.58. The second-order valence-electron chi connectivity index (χ2n) is 7.06. The van der Waals surface area contributed by atoms with Crippen molar-refractivity contribution < 1.29 is 4.74 Å². The molecule has 0 saturated carbocycles. The van der Waals surface area contributed by atoms with Gasteiger partial charge in [0.25, 0.3) is 0 Å². The van der Waals surface area contributed by atoms with Crippen molar-refractivity contribution in [3.05, 3.63) is 28.2 Å². The van der Waals surface area contributed by atoms with Crippen LogP contribution < -0.4 is 10.2 Å². The molecular weight excluding hydrogens is 390 g/mol. The quantitative estimate of drug-likeness (QED) is 0.820. The maximum Gasteiger partial charge on any atom is 0.0642 e. The third-order valence-corrected chi connectivity index (χ3v) is 5.82. The minimum Gasteiger partial charge on any atom is -0.378 e. The molecule has 4 nitrogen and oxygen atoms in total. The van der Waals surface area contributed by atoms with Crippen molar-refractivity contribution in [1.82, 2.24) is 10.2 Å². The Hall–Kier alpha value is -0.330. The number of fused-ring (bicyclic) bond motifs is 2. The van der Waals surface area contributed by atoms with Crippen LogP contribution in [0.3, 0.4) is 0 Å². The minimum absolute atomic E-state index is 0. The molecule has 0 spiro atoms. The molecule has 3 fully saturated rings. The van der Waals surface area contributed by atoms with Crippen LogP contribution in [0.2, 0.25) is 0 Å². The number of rotatable bonds is 3. The molecule has 0 amide bonds. The number of halogens is 2. The average Bonchev–Trinajstić information content (AvgIpc) is 2.57. The number of ether oxygens (including phenoxy) is 1. The molecule has 134 valence electrons. The van der Waals surface area contributed by atoms with E-state index in [2.05, 4.69) is 49.2 Å². The monoisotopic (exact) mass is 415 g/mol. The van der Waals surface area contributed by atoms with Gasteiger partial charge >= 0.3 is 0 Å². The summed E-state index contributed by atoms with van der Waals surface area (Å²) in [5.41, 5.74) is 2.83. The molecule has 2 unspecified atom stereocenters. The number of anilines is 1. The van der Waals surface area contributed by atoms with Crippen molar-refractivity contribution in [3.8, 4) is 0 Å². The van der Waals surface area contributed by atoms with Crippen LogP contribution >= 0.6 is 28.3 Å². The van der Waals surface area contributed by atoms with Crippen molar-refractivity contribution in [2.45, 2.75) is 37.9 Å². The first-order valence-corrected chi connectivity index (χ1v) is 9.67. The summed E-state index contributed by atoms with van der Waals surface area (Å²) in [7, 11) is 0. The largest absolute Gasteiger partial charge is 0.378 e. The summed E-state index contributed by atoms with van der Waals surface area (Å²) in [4.78, 5) is 5.13. The highest BCUT2D eigenvalue weighted by Crippen LogP contribution is 2.29. The van der Waals surface area contributed by atoms with Gasteiger partial charge in [0, 0.05) is 55.0 Å². The SMILES string of the molecule is Brc1ccc(CN2CC3CCCC(C2)N3)c(N2CCOCC2)c1.Cl. The molecule has 3 heterocycles. The average molecular weight is 417 g/mol. The zero-order valence-corrected chi connectivity index (χ0v) is 16.4. The van der Waals surface area contributed by atoms with Crippen LogP contribution in [0.4, 0.5) is 5.69 Å². The first-order valence-electron chi connectivity index (χ1n) is 8.87. The summed E-state index contributed by atoms with van der Waals surface area (Å²) >= 11 is 3.65. The van der Waals surface area contributed by atoms with Gasteiger partial charge in [-0.15, -0.1) is 12.4 Å². The standard InChI is InChI=1S/C18H26BrN3O.ClH/c19-15-5-4-14(18(10-15)22-6-8-23-9-7-22)11-21-12-16-2-1-3-17(13-21)20-16;/h4-5,10,16-17,20H,1-3,6-9,11-13H2;1H. The number of morpholine rings is 1. The molecule has 1 aromatic carbocycles. The lowest BCUT2D eigenvalue weighted by molar-refractivity contribution is 0.117. The van der Waals surface area contributed by atoms with Gasteiger partial charge in [-0.2, -0.15) is 0 Å². The van der Waals surface area contributed by atoms with E-state index in [0.717, 1.165) is 32.8 Å². The lowest BCUT2D eigenvalue weighted by Gasteiger charge is -2.43. The zero-order valence-electron chi connectivity index (χ0n) is 14.0. The van der Waals surface area contributed by atoms with Gasteiger partial charge in [-0.1, -0.05) is 28.4 Å². The van der Waals surface area contributed by atoms with E-state index in [-0.39, 0.29) is 12.4 Å². The normalized spacial score (nSPS) is 27.6. The fraction of sp³-hybridized carbons (Fsp3) is 0.667. The van der Waals surface area contributed by atoms with E-state index in [9.17, 15) is 0 Å². The molecule has 2 bridgehead atoms. The van der Waals surface area contributed by atoms with Gasteiger partial charge in [-0.25, -0.2) is 0 Å². The van der Waals surface area contributed by atoms with Crippen molar-refractivity contribution in [2.75, 3.05) is 44.3 Å². The molecule has 0 aromatic heterocycles. The highest BCUT2D eigenvalue weighted by molar-refractivity contribution is 9.10. The van der Waals surface area contributed by atoms with Crippen molar-refractivity contribution in [1.29, 1.82) is 0 Å². The first-order chi connectivity index (χ1) is 11.3. The van der Waals surface area contributed by atoms with E-state index in [4.69, 9.17) is 4.74 Å². The molecule has 3 aliphatic rings. The van der Waals surface area contributed by atoms with Gasteiger partial charge in [0.2, 0.25) is 0 Å². The minimum atomic E-state index is 0. The lowest BCUT2D eigenvalue weighted by atomic mass is 9.94. The van der Waals surface area contributed by atoms with Crippen LogP contribution in [-0.2, 0) is 11.3 Å². The Morgan fingerprint density at radius 2 is 1.83 bits per heavy atom. The van der Waals surface area contributed by atoms with Gasteiger partial charge < -0.3 is 15.0 Å². The smallest absolute Gasteiger partial charge is 0.0642 e. The summed E-state index contributed by atoms with van der Waals surface area (Å²) in [5, 5.41) is 3.78. The topological polar surface area (TPSA) is 27.7 Å². The van der Waals surface area contributed by atoms with Crippen LogP contribution in [0.5, 0.6) is 0 Å². The molecule has 3 saturated heterocycles. The summed E-state index contributed by atoms with van der Waals surface area (Å²) in [6, 6.07) is 8.16. The molecule has 2 atom stereocenters. The van der Waals surface area contributed by atoms with Gasteiger partial charge in [0.1, 0.15) is 0 Å². The summed E-state index contributed by atoms with van der Waals surface area (Å²) in [5.74, 6) is 0. The Kier molecular flexibility index (Phi) is 6.44. The molecule has 0 aliphatic carbocycles. The molecule has 6 heteroatoms. The molecule has 1 aromatic rings. The third-order valence-electron chi connectivity index (χ3n) is 5.33. The number of nitrogens with one attached hydrogen (secondary N) is 1. The Labute approximate surface area is 159 Å². The summed E-state index contributed by atoms with van der Waals surface area (Å²) in [6.07, 6.45) is 4.07. The number of likely N-dealkylation sites (tertiary alicyclic amines) is 1. The fourth-order valence-electron chi connectivity index (χ4n) is 4.24. The van der Waals surface area contributed by atoms with E-state index < -0.39 is 0 Å². The Balaban J connectivity index is 0.00000169. The summed E-state index contributed by atoms with van der Waals surface area (Å²) in [6.45, 7) is 7.11. The van der Waals surface area contributed by atoms with Crippen LogP contribution in [-0.4, -0.2) is 56.4 Å². The van der Waals surface area contributed by atoms with Crippen LogP contribution in [0.25, 0.3) is 0 Å². The predicted octanol–water partition coefficient (Wildman–Crippen LogP) is 3.03. The van der Waals surface area contributed by atoms with Crippen LogP contribution in [0, 0.1) is 0 Å². The number of nitrogens with zero attached hydrogens (tertiary/aromatic N) is 2. The van der Waals surface area contributed by atoms with Crippen LogP contribution in [0.1, 0.15) is 24.8 Å². The van der Waals surface area contributed by atoms with E-state index in [0.29, 0.717) is 12.1 Å². The third kappa shape index (κ3) is 4.25. The van der Waals surface area contributed by atoms with Gasteiger partial charge in [-0.05, 0) is 30.5 Å². The van der Waals surface area contributed by atoms with Gasteiger partial charge in [0.15, 0.2) is 0 Å². The number of piperazine rings is 1. The molecule has 24 heavy (non-hydrogen) atoms. The van der Waals surface area contributed by atoms with Crippen LogP contribution in [0.15, 0.2) is 22.7 Å². The van der Waals surface area contributed by atoms with E-state index >= 15 is 0 Å². The second kappa shape index (κ2) is 8.37. The maximum absolute atomic E-state index is 5.52. The predicted molar refractivity (Wildman–Crippen MR) is 104 cm³/mol. The Morgan fingerprint density at radius 3 is 2.54 bits per heavy atom. The molecule has 1 N–H and O–H groups in total. The molecule has 0 radical (unpaired) electrons. The van der Waals surface area contributed by atoms with Crippen molar-refractivity contribution in [3.63, 3.8) is 0 Å². The summed E-state index contributed by atoms with van der Waals surface area (Å²) < 4.78 is 6.69. The van der Waals surface area contributed by atoms with Crippen molar-refractivity contribution in [2.24, 2.45) is 0 Å². The van der Waals surface area contributed by atoms with Gasteiger partial charge in [-0.3, -0.25) is 4.90 Å².